The number of nitrogens with zero attached hydrogens (tertiary/aromatic N) is 2. The van der Waals surface area contributed by atoms with E-state index < -0.39 is 9.84 Å². The van der Waals surface area contributed by atoms with Crippen molar-refractivity contribution < 1.29 is 8.42 Å². The van der Waals surface area contributed by atoms with Crippen LogP contribution < -0.4 is 10.9 Å². The number of hydrogen-bond donors (Lipinski definition) is 1. The van der Waals surface area contributed by atoms with Crippen LogP contribution in [0.15, 0.2) is 59.5 Å². The van der Waals surface area contributed by atoms with Crippen molar-refractivity contribution in [3.05, 3.63) is 54.6 Å². The summed E-state index contributed by atoms with van der Waals surface area (Å²) in [5.74, 6) is 5.58. The van der Waals surface area contributed by atoms with Crippen LogP contribution in [0.2, 0.25) is 0 Å². The largest absolute Gasteiger partial charge is 0.270 e. The van der Waals surface area contributed by atoms with E-state index in [1.54, 1.807) is 30.3 Å². The van der Waals surface area contributed by atoms with Crippen LogP contribution in [0.25, 0.3) is 10.2 Å². The van der Waals surface area contributed by atoms with Crippen molar-refractivity contribution in [1.29, 1.82) is 0 Å². The molecule has 0 saturated carbocycles. The SMILES string of the molecule is NN(CS(=O)(=O)c1ccccc1)c1nc2ccccc2s1. The first-order valence-electron chi connectivity index (χ1n) is 6.22. The molecule has 0 radical (unpaired) electrons. The lowest BCUT2D eigenvalue weighted by Gasteiger charge is -2.15. The van der Waals surface area contributed by atoms with E-state index in [0.717, 1.165) is 10.2 Å². The third-order valence-electron chi connectivity index (χ3n) is 2.94. The minimum atomic E-state index is -3.48. The Hall–Kier alpha value is -1.96. The van der Waals surface area contributed by atoms with Crippen LogP contribution in [-0.4, -0.2) is 19.3 Å². The van der Waals surface area contributed by atoms with Crippen LogP contribution in [0.5, 0.6) is 0 Å². The van der Waals surface area contributed by atoms with E-state index >= 15 is 0 Å². The molecule has 0 spiro atoms. The third-order valence-corrected chi connectivity index (χ3v) is 5.62. The van der Waals surface area contributed by atoms with Gasteiger partial charge in [-0.2, -0.15) is 0 Å². The summed E-state index contributed by atoms with van der Waals surface area (Å²) < 4.78 is 25.5. The summed E-state index contributed by atoms with van der Waals surface area (Å²) in [6.07, 6.45) is 0. The van der Waals surface area contributed by atoms with Gasteiger partial charge in [-0.25, -0.2) is 19.2 Å². The second kappa shape index (κ2) is 5.44. The highest BCUT2D eigenvalue weighted by Gasteiger charge is 2.19. The van der Waals surface area contributed by atoms with Crippen molar-refractivity contribution in [1.82, 2.24) is 4.98 Å². The molecule has 21 heavy (non-hydrogen) atoms. The Bertz CT molecular complexity index is 827. The molecule has 2 N–H and O–H groups in total. The summed E-state index contributed by atoms with van der Waals surface area (Å²) in [6.45, 7) is 0. The first-order chi connectivity index (χ1) is 10.1. The number of sulfone groups is 1. The maximum atomic E-state index is 12.3. The van der Waals surface area contributed by atoms with Crippen molar-refractivity contribution in [3.8, 4) is 0 Å². The lowest BCUT2D eigenvalue weighted by atomic mass is 10.3. The van der Waals surface area contributed by atoms with Crippen LogP contribution in [0.4, 0.5) is 5.13 Å². The second-order valence-corrected chi connectivity index (χ2v) is 7.46. The van der Waals surface area contributed by atoms with E-state index in [1.807, 2.05) is 24.3 Å². The zero-order valence-electron chi connectivity index (χ0n) is 11.0. The lowest BCUT2D eigenvalue weighted by Crippen LogP contribution is -2.36. The molecule has 5 nitrogen and oxygen atoms in total. The first kappa shape index (κ1) is 14.0. The predicted octanol–water partition coefficient (Wildman–Crippen LogP) is 2.41. The number of fused-ring (bicyclic) bond motifs is 1. The molecule has 108 valence electrons. The van der Waals surface area contributed by atoms with Gasteiger partial charge in [-0.05, 0) is 24.3 Å². The number of rotatable bonds is 4. The number of hydrogen-bond acceptors (Lipinski definition) is 6. The second-order valence-electron chi connectivity index (χ2n) is 4.49. The monoisotopic (exact) mass is 319 g/mol. The Morgan fingerprint density at radius 2 is 1.71 bits per heavy atom. The summed E-state index contributed by atoms with van der Waals surface area (Å²) in [5, 5.41) is 1.66. The summed E-state index contributed by atoms with van der Waals surface area (Å²) in [4.78, 5) is 4.60. The minimum Gasteiger partial charge on any atom is -0.270 e. The number of thiazole rings is 1. The molecule has 1 aromatic heterocycles. The molecule has 0 aliphatic heterocycles. The molecule has 2 aromatic carbocycles. The summed E-state index contributed by atoms with van der Waals surface area (Å²) >= 11 is 1.37. The average molecular weight is 319 g/mol. The molecule has 0 bridgehead atoms. The number of nitrogens with two attached hydrogens (primary N) is 1. The Morgan fingerprint density at radius 3 is 2.43 bits per heavy atom. The van der Waals surface area contributed by atoms with E-state index in [-0.39, 0.29) is 10.8 Å². The van der Waals surface area contributed by atoms with Gasteiger partial charge in [-0.1, -0.05) is 41.7 Å². The van der Waals surface area contributed by atoms with E-state index in [2.05, 4.69) is 4.98 Å². The highest BCUT2D eigenvalue weighted by molar-refractivity contribution is 7.91. The zero-order chi connectivity index (χ0) is 14.9. The van der Waals surface area contributed by atoms with Crippen LogP contribution in [-0.2, 0) is 9.84 Å². The summed E-state index contributed by atoms with van der Waals surface area (Å²) in [5.41, 5.74) is 0.810. The molecule has 3 aromatic rings. The Kier molecular flexibility index (Phi) is 3.62. The van der Waals surface area contributed by atoms with Crippen molar-refractivity contribution in [2.24, 2.45) is 5.84 Å². The molecule has 3 rings (SSSR count). The number of benzene rings is 2. The number of para-hydroxylation sites is 1. The predicted molar refractivity (Wildman–Crippen MR) is 84.8 cm³/mol. The highest BCUT2D eigenvalue weighted by atomic mass is 32.2. The third kappa shape index (κ3) is 2.90. The van der Waals surface area contributed by atoms with E-state index in [9.17, 15) is 8.42 Å². The molecule has 0 aliphatic rings. The van der Waals surface area contributed by atoms with Crippen molar-refractivity contribution >= 4 is 36.5 Å². The first-order valence-corrected chi connectivity index (χ1v) is 8.69. The maximum Gasteiger partial charge on any atom is 0.201 e. The Labute approximate surface area is 126 Å². The average Bonchev–Trinajstić information content (AvgIpc) is 2.92. The van der Waals surface area contributed by atoms with E-state index in [4.69, 9.17) is 5.84 Å². The highest BCUT2D eigenvalue weighted by Crippen LogP contribution is 2.27. The molecular formula is C14H13N3O2S2. The van der Waals surface area contributed by atoms with Crippen molar-refractivity contribution in [3.63, 3.8) is 0 Å². The van der Waals surface area contributed by atoms with Gasteiger partial charge in [0.25, 0.3) is 0 Å². The lowest BCUT2D eigenvalue weighted by molar-refractivity contribution is 0.594. The van der Waals surface area contributed by atoms with Crippen LogP contribution in [0.3, 0.4) is 0 Å². The number of aromatic nitrogens is 1. The number of anilines is 1. The van der Waals surface area contributed by atoms with Gasteiger partial charge in [0.1, 0.15) is 5.88 Å². The number of hydrazine groups is 1. The summed E-state index contributed by atoms with van der Waals surface area (Å²) in [6, 6.07) is 15.8. The molecule has 0 aliphatic carbocycles. The molecule has 1 heterocycles. The van der Waals surface area contributed by atoms with Gasteiger partial charge in [0.15, 0.2) is 9.84 Å². The minimum absolute atomic E-state index is 0.251. The molecule has 0 amide bonds. The fourth-order valence-electron chi connectivity index (χ4n) is 1.92. The van der Waals surface area contributed by atoms with Gasteiger partial charge >= 0.3 is 0 Å². The molecule has 0 unspecified atom stereocenters. The smallest absolute Gasteiger partial charge is 0.201 e. The van der Waals surface area contributed by atoms with Gasteiger partial charge in [-0.3, -0.25) is 5.01 Å². The molecule has 7 heteroatoms. The van der Waals surface area contributed by atoms with E-state index in [0.29, 0.717) is 5.13 Å². The van der Waals surface area contributed by atoms with Gasteiger partial charge in [-0.15, -0.1) is 0 Å². The fourth-order valence-corrected chi connectivity index (χ4v) is 4.10. The van der Waals surface area contributed by atoms with Gasteiger partial charge in [0.05, 0.1) is 15.1 Å². The molecule has 0 atom stereocenters. The van der Waals surface area contributed by atoms with Gasteiger partial charge in [0, 0.05) is 0 Å². The van der Waals surface area contributed by atoms with Crippen LogP contribution in [0, 0.1) is 0 Å². The standard InChI is InChI=1S/C14H13N3O2S2/c15-17(10-21(18,19)11-6-2-1-3-7-11)14-16-12-8-4-5-9-13(12)20-14/h1-9H,10,15H2. The Morgan fingerprint density at radius 1 is 1.05 bits per heavy atom. The van der Waals surface area contributed by atoms with Crippen LogP contribution >= 0.6 is 11.3 Å². The van der Waals surface area contributed by atoms with Crippen LogP contribution in [0.1, 0.15) is 0 Å². The molecule has 0 fully saturated rings. The molecule has 0 saturated heterocycles. The normalized spacial score (nSPS) is 11.7. The topological polar surface area (TPSA) is 76.3 Å². The Balaban J connectivity index is 1.87. The fraction of sp³-hybridized carbons (Fsp3) is 0.0714. The molecular weight excluding hydrogens is 306 g/mol. The quantitative estimate of drug-likeness (QED) is 0.590. The zero-order valence-corrected chi connectivity index (χ0v) is 12.6. The van der Waals surface area contributed by atoms with Crippen molar-refractivity contribution in [2.75, 3.05) is 10.9 Å². The summed E-state index contributed by atoms with van der Waals surface area (Å²) in [7, 11) is -3.48. The van der Waals surface area contributed by atoms with Gasteiger partial charge < -0.3 is 0 Å². The van der Waals surface area contributed by atoms with Gasteiger partial charge in [0.2, 0.25) is 5.13 Å². The van der Waals surface area contributed by atoms with Crippen molar-refractivity contribution in [2.45, 2.75) is 4.90 Å². The maximum absolute atomic E-state index is 12.3. The van der Waals surface area contributed by atoms with E-state index in [1.165, 1.54) is 16.3 Å².